The third kappa shape index (κ3) is 5.03. The number of piperidine rings is 1. The molecule has 1 heterocycles. The fourth-order valence-electron chi connectivity index (χ4n) is 3.57. The summed E-state index contributed by atoms with van der Waals surface area (Å²) in [6.45, 7) is 4.40. The number of rotatable bonds is 7. The average Bonchev–Trinajstić information content (AvgIpc) is 2.61. The van der Waals surface area contributed by atoms with Crippen molar-refractivity contribution in [2.45, 2.75) is 31.8 Å². The first-order chi connectivity index (χ1) is 11.9. The number of carbonyl (C=O) groups excluding carboxylic acids is 1. The lowest BCUT2D eigenvalue weighted by Crippen LogP contribution is -2.49. The molecule has 2 rings (SSSR count). The number of nitrogens with zero attached hydrogens (tertiary/aromatic N) is 3. The SMILES string of the molecule is CCN(CC(=O)O)C1CCN(C(C(=O)N(C)C)c2ccccc2)CC1. The summed E-state index contributed by atoms with van der Waals surface area (Å²) in [7, 11) is 3.58. The second kappa shape index (κ2) is 8.97. The summed E-state index contributed by atoms with van der Waals surface area (Å²) in [6.07, 6.45) is 1.76. The van der Waals surface area contributed by atoms with E-state index in [1.54, 1.807) is 19.0 Å². The van der Waals surface area contributed by atoms with Gasteiger partial charge < -0.3 is 10.0 Å². The molecule has 1 aliphatic heterocycles. The van der Waals surface area contributed by atoms with Gasteiger partial charge in [-0.2, -0.15) is 0 Å². The summed E-state index contributed by atoms with van der Waals surface area (Å²) in [4.78, 5) is 29.7. The predicted molar refractivity (Wildman–Crippen MR) is 97.4 cm³/mol. The van der Waals surface area contributed by atoms with E-state index >= 15 is 0 Å². The van der Waals surface area contributed by atoms with Crippen molar-refractivity contribution in [3.63, 3.8) is 0 Å². The van der Waals surface area contributed by atoms with Crippen LogP contribution in [0.25, 0.3) is 0 Å². The maximum absolute atomic E-state index is 12.8. The number of benzene rings is 1. The summed E-state index contributed by atoms with van der Waals surface area (Å²) >= 11 is 0. The minimum absolute atomic E-state index is 0.0832. The molecular formula is C19H29N3O3. The van der Waals surface area contributed by atoms with Gasteiger partial charge in [-0.15, -0.1) is 0 Å². The molecule has 25 heavy (non-hydrogen) atoms. The van der Waals surface area contributed by atoms with E-state index in [0.717, 1.165) is 38.0 Å². The number of aliphatic carboxylic acids is 1. The van der Waals surface area contributed by atoms with E-state index in [9.17, 15) is 9.59 Å². The van der Waals surface area contributed by atoms with Crippen molar-refractivity contribution in [1.29, 1.82) is 0 Å². The summed E-state index contributed by atoms with van der Waals surface area (Å²) in [5.74, 6) is -0.697. The van der Waals surface area contributed by atoms with E-state index in [4.69, 9.17) is 5.11 Å². The molecule has 0 radical (unpaired) electrons. The molecule has 6 nitrogen and oxygen atoms in total. The van der Waals surface area contributed by atoms with Crippen LogP contribution in [0.2, 0.25) is 0 Å². The van der Waals surface area contributed by atoms with Gasteiger partial charge in [-0.1, -0.05) is 37.3 Å². The minimum Gasteiger partial charge on any atom is -0.480 e. The molecule has 1 aromatic rings. The summed E-state index contributed by atoms with van der Waals surface area (Å²) in [6, 6.07) is 9.88. The Labute approximate surface area is 150 Å². The molecule has 1 saturated heterocycles. The smallest absolute Gasteiger partial charge is 0.317 e. The van der Waals surface area contributed by atoms with Gasteiger partial charge in [-0.3, -0.25) is 19.4 Å². The number of carbonyl (C=O) groups is 2. The topological polar surface area (TPSA) is 64.1 Å². The predicted octanol–water partition coefficient (Wildman–Crippen LogP) is 1.69. The van der Waals surface area contributed by atoms with Gasteiger partial charge >= 0.3 is 5.97 Å². The molecule has 138 valence electrons. The lowest BCUT2D eigenvalue weighted by molar-refractivity contribution is -0.139. The highest BCUT2D eigenvalue weighted by Gasteiger charge is 2.33. The first kappa shape index (κ1) is 19.4. The normalized spacial score (nSPS) is 17.4. The largest absolute Gasteiger partial charge is 0.480 e. The van der Waals surface area contributed by atoms with Crippen molar-refractivity contribution in [3.8, 4) is 0 Å². The van der Waals surface area contributed by atoms with Crippen LogP contribution in [0, 0.1) is 0 Å². The van der Waals surface area contributed by atoms with E-state index in [1.165, 1.54) is 0 Å². The molecule has 0 spiro atoms. The van der Waals surface area contributed by atoms with Crippen LogP contribution in [-0.4, -0.2) is 78.0 Å². The van der Waals surface area contributed by atoms with Gasteiger partial charge in [0.2, 0.25) is 5.91 Å². The third-order valence-corrected chi connectivity index (χ3v) is 4.92. The molecule has 1 aromatic carbocycles. The first-order valence-electron chi connectivity index (χ1n) is 8.90. The van der Waals surface area contributed by atoms with Crippen LogP contribution in [-0.2, 0) is 9.59 Å². The number of carboxylic acid groups (broad SMARTS) is 1. The number of likely N-dealkylation sites (N-methyl/N-ethyl adjacent to an activating group) is 2. The van der Waals surface area contributed by atoms with E-state index in [1.807, 2.05) is 42.2 Å². The number of likely N-dealkylation sites (tertiary alicyclic amines) is 1. The lowest BCUT2D eigenvalue weighted by Gasteiger charge is -2.41. The molecule has 0 saturated carbocycles. The zero-order valence-corrected chi connectivity index (χ0v) is 15.4. The highest BCUT2D eigenvalue weighted by Crippen LogP contribution is 2.27. The zero-order chi connectivity index (χ0) is 18.4. The highest BCUT2D eigenvalue weighted by atomic mass is 16.4. The maximum atomic E-state index is 12.8. The summed E-state index contributed by atoms with van der Waals surface area (Å²) < 4.78 is 0. The number of carboxylic acids is 1. The fraction of sp³-hybridized carbons (Fsp3) is 0.579. The molecule has 6 heteroatoms. The van der Waals surface area contributed by atoms with E-state index in [-0.39, 0.29) is 24.5 Å². The van der Waals surface area contributed by atoms with Gasteiger partial charge in [0.25, 0.3) is 0 Å². The molecule has 1 atom stereocenters. The van der Waals surface area contributed by atoms with E-state index in [0.29, 0.717) is 0 Å². The Morgan fingerprint density at radius 2 is 1.80 bits per heavy atom. The number of hydrogen-bond donors (Lipinski definition) is 1. The molecular weight excluding hydrogens is 318 g/mol. The van der Waals surface area contributed by atoms with Crippen molar-refractivity contribution >= 4 is 11.9 Å². The Balaban J connectivity index is 2.09. The van der Waals surface area contributed by atoms with Crippen molar-refractivity contribution in [2.24, 2.45) is 0 Å². The molecule has 1 unspecified atom stereocenters. The van der Waals surface area contributed by atoms with Gasteiger partial charge in [0.1, 0.15) is 6.04 Å². The van der Waals surface area contributed by atoms with Gasteiger partial charge in [-0.05, 0) is 24.9 Å². The average molecular weight is 347 g/mol. The first-order valence-corrected chi connectivity index (χ1v) is 8.90. The zero-order valence-electron chi connectivity index (χ0n) is 15.4. The Morgan fingerprint density at radius 1 is 1.20 bits per heavy atom. The van der Waals surface area contributed by atoms with Crippen molar-refractivity contribution in [2.75, 3.05) is 40.3 Å². The van der Waals surface area contributed by atoms with E-state index < -0.39 is 5.97 Å². The Hall–Kier alpha value is -1.92. The molecule has 0 aliphatic carbocycles. The van der Waals surface area contributed by atoms with Crippen molar-refractivity contribution in [1.82, 2.24) is 14.7 Å². The van der Waals surface area contributed by atoms with Gasteiger partial charge in [0.05, 0.1) is 6.54 Å². The summed E-state index contributed by atoms with van der Waals surface area (Å²) in [5, 5.41) is 9.07. The molecule has 1 amide bonds. The van der Waals surface area contributed by atoms with Crippen molar-refractivity contribution < 1.29 is 14.7 Å². The Bertz CT molecular complexity index is 569. The molecule has 0 aromatic heterocycles. The van der Waals surface area contributed by atoms with Gasteiger partial charge in [0, 0.05) is 33.2 Å². The highest BCUT2D eigenvalue weighted by molar-refractivity contribution is 5.82. The molecule has 1 N–H and O–H groups in total. The third-order valence-electron chi connectivity index (χ3n) is 4.92. The monoisotopic (exact) mass is 347 g/mol. The van der Waals surface area contributed by atoms with Crippen LogP contribution in [0.5, 0.6) is 0 Å². The minimum atomic E-state index is -0.783. The Morgan fingerprint density at radius 3 is 2.28 bits per heavy atom. The van der Waals surface area contributed by atoms with Crippen LogP contribution in [0.1, 0.15) is 31.4 Å². The number of amides is 1. The van der Waals surface area contributed by atoms with Gasteiger partial charge in [0.15, 0.2) is 0 Å². The van der Waals surface area contributed by atoms with E-state index in [2.05, 4.69) is 4.90 Å². The van der Waals surface area contributed by atoms with Crippen LogP contribution in [0.15, 0.2) is 30.3 Å². The molecule has 0 bridgehead atoms. The second-order valence-electron chi connectivity index (χ2n) is 6.77. The maximum Gasteiger partial charge on any atom is 0.317 e. The Kier molecular flexibility index (Phi) is 6.96. The molecule has 1 aliphatic rings. The molecule has 1 fully saturated rings. The van der Waals surface area contributed by atoms with Crippen LogP contribution in [0.4, 0.5) is 0 Å². The summed E-state index contributed by atoms with van der Waals surface area (Å²) in [5.41, 5.74) is 1.01. The van der Waals surface area contributed by atoms with Crippen molar-refractivity contribution in [3.05, 3.63) is 35.9 Å². The van der Waals surface area contributed by atoms with Gasteiger partial charge in [-0.25, -0.2) is 0 Å². The number of hydrogen-bond acceptors (Lipinski definition) is 4. The van der Waals surface area contributed by atoms with Crippen LogP contribution < -0.4 is 0 Å². The van der Waals surface area contributed by atoms with Crippen LogP contribution in [0.3, 0.4) is 0 Å². The fourth-order valence-corrected chi connectivity index (χ4v) is 3.57. The second-order valence-corrected chi connectivity index (χ2v) is 6.77. The van der Waals surface area contributed by atoms with Crippen LogP contribution >= 0.6 is 0 Å². The standard InChI is InChI=1S/C19H29N3O3/c1-4-21(14-17(23)24)16-10-12-22(13-11-16)18(19(25)20(2)3)15-8-6-5-7-9-15/h5-9,16,18H,4,10-14H2,1-3H3,(H,23,24). The quantitative estimate of drug-likeness (QED) is 0.813. The lowest BCUT2D eigenvalue weighted by atomic mass is 9.97.